The molecule has 0 N–H and O–H groups in total. The first-order valence-electron chi connectivity index (χ1n) is 6.47. The summed E-state index contributed by atoms with van der Waals surface area (Å²) in [5.41, 5.74) is -0.0410. The van der Waals surface area contributed by atoms with Crippen LogP contribution in [0, 0.1) is 0 Å². The molecule has 0 aromatic heterocycles. The van der Waals surface area contributed by atoms with Crippen LogP contribution in [0.1, 0.15) is 68.7 Å². The van der Waals surface area contributed by atoms with Gasteiger partial charge in [0.05, 0.1) is 0 Å². The molecule has 0 spiro atoms. The number of hydrogen-bond acceptors (Lipinski definition) is 1. The van der Waals surface area contributed by atoms with Gasteiger partial charge in [-0.3, -0.25) is 0 Å². The highest BCUT2D eigenvalue weighted by molar-refractivity contribution is 6.78. The maximum atomic E-state index is 6.58. The van der Waals surface area contributed by atoms with E-state index in [0.717, 1.165) is 0 Å². The molecule has 0 aliphatic rings. The van der Waals surface area contributed by atoms with Gasteiger partial charge in [-0.2, -0.15) is 0 Å². The number of hydrogen-bond donors (Lipinski definition) is 0. The van der Waals surface area contributed by atoms with Gasteiger partial charge in [-0.15, -0.1) is 0 Å². The van der Waals surface area contributed by atoms with Crippen LogP contribution in [0.4, 0.5) is 0 Å². The Morgan fingerprint density at radius 1 is 0.875 bits per heavy atom. The molecule has 98 valence electrons. The first-order chi connectivity index (χ1) is 6.77. The molecule has 0 aromatic carbocycles. The monoisotopic (exact) mass is 244 g/mol. The summed E-state index contributed by atoms with van der Waals surface area (Å²) in [6.45, 7) is 23.0. The molecular weight excluding hydrogens is 212 g/mol. The van der Waals surface area contributed by atoms with Gasteiger partial charge in [-0.25, -0.2) is 0 Å². The Morgan fingerprint density at radius 2 is 1.25 bits per heavy atom. The van der Waals surface area contributed by atoms with E-state index in [0.29, 0.717) is 5.04 Å². The molecule has 0 amide bonds. The Labute approximate surface area is 104 Å². The van der Waals surface area contributed by atoms with Gasteiger partial charge in [0, 0.05) is 5.60 Å². The Bertz CT molecular complexity index is 232. The standard InChI is InChI=1S/C14H32OSi/c1-11-14(8,9)16(10,13(5,6)7)15-12(2,3)4/h11H2,1-10H3. The van der Waals surface area contributed by atoms with Gasteiger partial charge in [-0.05, 0) is 37.4 Å². The van der Waals surface area contributed by atoms with Gasteiger partial charge in [0.2, 0.25) is 8.32 Å². The van der Waals surface area contributed by atoms with Gasteiger partial charge >= 0.3 is 0 Å². The fourth-order valence-electron chi connectivity index (χ4n) is 2.26. The van der Waals surface area contributed by atoms with E-state index in [1.165, 1.54) is 6.42 Å². The molecular formula is C14H32OSi. The lowest BCUT2D eigenvalue weighted by Crippen LogP contribution is -2.56. The lowest BCUT2D eigenvalue weighted by Gasteiger charge is -2.52. The van der Waals surface area contributed by atoms with Crippen molar-refractivity contribution in [1.29, 1.82) is 0 Å². The molecule has 0 heterocycles. The van der Waals surface area contributed by atoms with Gasteiger partial charge in [0.25, 0.3) is 0 Å². The molecule has 1 atom stereocenters. The molecule has 1 nitrogen and oxygen atoms in total. The van der Waals surface area contributed by atoms with Crippen molar-refractivity contribution in [1.82, 2.24) is 0 Å². The largest absolute Gasteiger partial charge is 0.411 e. The van der Waals surface area contributed by atoms with Crippen LogP contribution in [-0.2, 0) is 4.43 Å². The van der Waals surface area contributed by atoms with E-state index in [4.69, 9.17) is 4.43 Å². The highest BCUT2D eigenvalue weighted by atomic mass is 28.4. The fourth-order valence-corrected chi connectivity index (χ4v) is 6.77. The second-order valence-corrected chi connectivity index (χ2v) is 12.9. The minimum Gasteiger partial charge on any atom is -0.411 e. The minimum atomic E-state index is -1.81. The summed E-state index contributed by atoms with van der Waals surface area (Å²) in [6.07, 6.45) is 1.18. The zero-order valence-electron chi connectivity index (χ0n) is 13.1. The van der Waals surface area contributed by atoms with E-state index in [2.05, 4.69) is 68.9 Å². The molecule has 0 fully saturated rings. The van der Waals surface area contributed by atoms with Crippen molar-refractivity contribution in [3.05, 3.63) is 0 Å². The highest BCUT2D eigenvalue weighted by Crippen LogP contribution is 2.54. The van der Waals surface area contributed by atoms with E-state index < -0.39 is 8.32 Å². The first-order valence-corrected chi connectivity index (χ1v) is 8.88. The maximum absolute atomic E-state index is 6.58. The normalized spacial score (nSPS) is 18.4. The molecule has 0 bridgehead atoms. The van der Waals surface area contributed by atoms with Crippen LogP contribution in [0.25, 0.3) is 0 Å². The van der Waals surface area contributed by atoms with Gasteiger partial charge < -0.3 is 4.43 Å². The lowest BCUT2D eigenvalue weighted by molar-refractivity contribution is 0.0981. The predicted octanol–water partition coefficient (Wildman–Crippen LogP) is 5.37. The van der Waals surface area contributed by atoms with E-state index in [-0.39, 0.29) is 10.6 Å². The zero-order chi connectivity index (χ0) is 13.4. The summed E-state index contributed by atoms with van der Waals surface area (Å²) in [6, 6.07) is 0. The van der Waals surface area contributed by atoms with Gasteiger partial charge in [-0.1, -0.05) is 48.0 Å². The third-order valence-electron chi connectivity index (χ3n) is 4.12. The van der Waals surface area contributed by atoms with Crippen LogP contribution in [-0.4, -0.2) is 13.9 Å². The quantitative estimate of drug-likeness (QED) is 0.607. The average Bonchev–Trinajstić information content (AvgIpc) is 1.98. The van der Waals surface area contributed by atoms with E-state index in [9.17, 15) is 0 Å². The molecule has 0 saturated heterocycles. The first kappa shape index (κ1) is 16.2. The molecule has 0 aromatic rings. The van der Waals surface area contributed by atoms with Crippen molar-refractivity contribution in [2.24, 2.45) is 0 Å². The van der Waals surface area contributed by atoms with Crippen molar-refractivity contribution >= 4 is 8.32 Å². The summed E-state index contributed by atoms with van der Waals surface area (Å²) in [4.78, 5) is 0. The Morgan fingerprint density at radius 3 is 1.44 bits per heavy atom. The van der Waals surface area contributed by atoms with Gasteiger partial charge in [0.15, 0.2) is 0 Å². The topological polar surface area (TPSA) is 9.23 Å². The summed E-state index contributed by atoms with van der Waals surface area (Å²) in [7, 11) is -1.81. The van der Waals surface area contributed by atoms with Gasteiger partial charge in [0.1, 0.15) is 0 Å². The molecule has 2 heteroatoms. The highest BCUT2D eigenvalue weighted by Gasteiger charge is 2.54. The second-order valence-electron chi connectivity index (χ2n) is 7.74. The second kappa shape index (κ2) is 4.45. The average molecular weight is 244 g/mol. The smallest absolute Gasteiger partial charge is 0.201 e. The molecule has 16 heavy (non-hydrogen) atoms. The van der Waals surface area contributed by atoms with Crippen LogP contribution in [0.5, 0.6) is 0 Å². The Balaban J connectivity index is 5.39. The molecule has 1 unspecified atom stereocenters. The number of rotatable bonds is 3. The fraction of sp³-hybridized carbons (Fsp3) is 1.00. The summed E-state index contributed by atoms with van der Waals surface area (Å²) in [5, 5.41) is 0.568. The summed E-state index contributed by atoms with van der Waals surface area (Å²) in [5.74, 6) is 0. The molecule has 0 aliphatic carbocycles. The SMILES string of the molecule is CCC(C)(C)[Si](C)(OC(C)(C)C)C(C)(C)C. The van der Waals surface area contributed by atoms with Crippen LogP contribution < -0.4 is 0 Å². The third kappa shape index (κ3) is 3.33. The van der Waals surface area contributed by atoms with Crippen LogP contribution in [0.15, 0.2) is 0 Å². The molecule has 0 aliphatic heterocycles. The van der Waals surface area contributed by atoms with E-state index in [1.807, 2.05) is 0 Å². The summed E-state index contributed by atoms with van der Waals surface area (Å²) >= 11 is 0. The van der Waals surface area contributed by atoms with E-state index >= 15 is 0 Å². The maximum Gasteiger partial charge on any atom is 0.201 e. The van der Waals surface area contributed by atoms with Crippen LogP contribution >= 0.6 is 0 Å². The van der Waals surface area contributed by atoms with Crippen molar-refractivity contribution < 1.29 is 4.43 Å². The van der Waals surface area contributed by atoms with E-state index in [1.54, 1.807) is 0 Å². The minimum absolute atomic E-state index is 0.0410. The molecule has 0 radical (unpaired) electrons. The van der Waals surface area contributed by atoms with Crippen LogP contribution in [0.2, 0.25) is 16.6 Å². The van der Waals surface area contributed by atoms with Crippen LogP contribution in [0.3, 0.4) is 0 Å². The third-order valence-corrected chi connectivity index (χ3v) is 10.9. The summed E-state index contributed by atoms with van der Waals surface area (Å²) < 4.78 is 6.58. The molecule has 0 rings (SSSR count). The van der Waals surface area contributed by atoms with Crippen molar-refractivity contribution in [3.8, 4) is 0 Å². The van der Waals surface area contributed by atoms with Crippen molar-refractivity contribution in [2.45, 2.75) is 91.0 Å². The Kier molecular flexibility index (Phi) is 4.50. The molecule has 0 saturated carbocycles. The Hall–Kier alpha value is 0.177. The lowest BCUT2D eigenvalue weighted by atomic mass is 10.1. The zero-order valence-corrected chi connectivity index (χ0v) is 14.1. The van der Waals surface area contributed by atoms with Crippen molar-refractivity contribution in [2.75, 3.05) is 0 Å². The van der Waals surface area contributed by atoms with Crippen molar-refractivity contribution in [3.63, 3.8) is 0 Å². The predicted molar refractivity (Wildman–Crippen MR) is 76.5 cm³/mol.